The lowest BCUT2D eigenvalue weighted by Gasteiger charge is -2.37. The standard InChI is InChI=1S/C17H25NO2/c1-3-5-13-8-10-17(12-18,11-9-13)16(19)15-7-6-14(4-2)20-15/h6-7,13,16,19H,3-5,8-11H2,1-2H3. The first-order chi connectivity index (χ1) is 9.65. The molecule has 1 fully saturated rings. The Morgan fingerprint density at radius 1 is 1.40 bits per heavy atom. The van der Waals surface area contributed by atoms with Crippen LogP contribution in [0.15, 0.2) is 16.5 Å². The van der Waals surface area contributed by atoms with E-state index in [1.165, 1.54) is 12.8 Å². The number of aryl methyl sites for hydroxylation is 1. The van der Waals surface area contributed by atoms with E-state index >= 15 is 0 Å². The maximum absolute atomic E-state index is 10.6. The van der Waals surface area contributed by atoms with Crippen molar-refractivity contribution in [1.29, 1.82) is 5.26 Å². The summed E-state index contributed by atoms with van der Waals surface area (Å²) in [5.41, 5.74) is -0.660. The number of nitrogens with zero attached hydrogens (tertiary/aromatic N) is 1. The van der Waals surface area contributed by atoms with Gasteiger partial charge in [0.05, 0.1) is 11.5 Å². The number of hydrogen-bond donors (Lipinski definition) is 1. The van der Waals surface area contributed by atoms with Crippen LogP contribution in [0.5, 0.6) is 0 Å². The third kappa shape index (κ3) is 2.91. The van der Waals surface area contributed by atoms with Gasteiger partial charge in [-0.25, -0.2) is 0 Å². The number of hydrogen-bond acceptors (Lipinski definition) is 3. The Balaban J connectivity index is 2.10. The molecular formula is C17H25NO2. The SMILES string of the molecule is CCCC1CCC(C#N)(C(O)c2ccc(CC)o2)CC1. The average Bonchev–Trinajstić information content (AvgIpc) is 2.97. The summed E-state index contributed by atoms with van der Waals surface area (Å²) in [6.45, 7) is 4.22. The highest BCUT2D eigenvalue weighted by atomic mass is 16.4. The maximum Gasteiger partial charge on any atom is 0.134 e. The van der Waals surface area contributed by atoms with E-state index in [4.69, 9.17) is 4.42 Å². The van der Waals surface area contributed by atoms with Gasteiger partial charge in [-0.15, -0.1) is 0 Å². The molecule has 1 N–H and O–H groups in total. The summed E-state index contributed by atoms with van der Waals surface area (Å²) in [5, 5.41) is 20.2. The zero-order valence-electron chi connectivity index (χ0n) is 12.6. The lowest BCUT2D eigenvalue weighted by Crippen LogP contribution is -2.32. The van der Waals surface area contributed by atoms with Crippen LogP contribution < -0.4 is 0 Å². The molecule has 3 nitrogen and oxygen atoms in total. The first-order valence-electron chi connectivity index (χ1n) is 7.83. The van der Waals surface area contributed by atoms with Gasteiger partial charge in [0, 0.05) is 6.42 Å². The molecule has 1 saturated carbocycles. The van der Waals surface area contributed by atoms with Crippen LogP contribution in [-0.4, -0.2) is 5.11 Å². The maximum atomic E-state index is 10.6. The minimum atomic E-state index is -0.796. The quantitative estimate of drug-likeness (QED) is 0.867. The lowest BCUT2D eigenvalue weighted by atomic mass is 9.67. The molecule has 1 unspecified atom stereocenters. The summed E-state index contributed by atoms with van der Waals surface area (Å²) in [6, 6.07) is 6.11. The topological polar surface area (TPSA) is 57.2 Å². The van der Waals surface area contributed by atoms with E-state index in [1.807, 2.05) is 19.1 Å². The Morgan fingerprint density at radius 2 is 2.10 bits per heavy atom. The van der Waals surface area contributed by atoms with Crippen molar-refractivity contribution in [3.05, 3.63) is 23.7 Å². The number of aliphatic hydroxyl groups excluding tert-OH is 1. The molecule has 0 saturated heterocycles. The Morgan fingerprint density at radius 3 is 2.60 bits per heavy atom. The van der Waals surface area contributed by atoms with Crippen LogP contribution in [0.3, 0.4) is 0 Å². The van der Waals surface area contributed by atoms with Crippen molar-refractivity contribution >= 4 is 0 Å². The second kappa shape index (κ2) is 6.45. The Labute approximate surface area is 121 Å². The van der Waals surface area contributed by atoms with Crippen LogP contribution in [0.1, 0.15) is 70.0 Å². The zero-order chi connectivity index (χ0) is 14.6. The van der Waals surface area contributed by atoms with Gasteiger partial charge in [0.1, 0.15) is 17.6 Å². The second-order valence-corrected chi connectivity index (χ2v) is 6.06. The number of furan rings is 1. The highest BCUT2D eigenvalue weighted by molar-refractivity contribution is 5.17. The van der Waals surface area contributed by atoms with Gasteiger partial charge in [0.25, 0.3) is 0 Å². The molecule has 1 aliphatic rings. The Kier molecular flexibility index (Phi) is 4.88. The van der Waals surface area contributed by atoms with E-state index in [1.54, 1.807) is 0 Å². The second-order valence-electron chi connectivity index (χ2n) is 6.06. The van der Waals surface area contributed by atoms with Gasteiger partial charge in [-0.3, -0.25) is 0 Å². The molecule has 0 spiro atoms. The molecule has 1 atom stereocenters. The van der Waals surface area contributed by atoms with Gasteiger partial charge in [-0.1, -0.05) is 26.7 Å². The van der Waals surface area contributed by atoms with Crippen molar-refractivity contribution in [2.75, 3.05) is 0 Å². The third-order valence-electron chi connectivity index (χ3n) is 4.74. The fraction of sp³-hybridized carbons (Fsp3) is 0.706. The summed E-state index contributed by atoms with van der Waals surface area (Å²) in [6.07, 6.45) is 6.08. The molecule has 3 heteroatoms. The minimum absolute atomic E-state index is 0.553. The molecule has 2 rings (SSSR count). The zero-order valence-corrected chi connectivity index (χ0v) is 12.6. The van der Waals surface area contributed by atoms with Gasteiger partial charge in [0.2, 0.25) is 0 Å². The van der Waals surface area contributed by atoms with E-state index in [0.717, 1.165) is 43.8 Å². The third-order valence-corrected chi connectivity index (χ3v) is 4.74. The van der Waals surface area contributed by atoms with Crippen LogP contribution in [0, 0.1) is 22.7 Å². The van der Waals surface area contributed by atoms with Crippen LogP contribution >= 0.6 is 0 Å². The largest absolute Gasteiger partial charge is 0.463 e. The van der Waals surface area contributed by atoms with Gasteiger partial charge >= 0.3 is 0 Å². The Hall–Kier alpha value is -1.27. The summed E-state index contributed by atoms with van der Waals surface area (Å²) in [7, 11) is 0. The van der Waals surface area contributed by atoms with Crippen LogP contribution in [-0.2, 0) is 6.42 Å². The molecule has 0 aliphatic heterocycles. The predicted molar refractivity (Wildman–Crippen MR) is 78.0 cm³/mol. The number of rotatable bonds is 5. The molecular weight excluding hydrogens is 250 g/mol. The van der Waals surface area contributed by atoms with E-state index in [0.29, 0.717) is 5.76 Å². The van der Waals surface area contributed by atoms with E-state index in [-0.39, 0.29) is 0 Å². The predicted octanol–water partition coefficient (Wildman–Crippen LogP) is 4.38. The summed E-state index contributed by atoms with van der Waals surface area (Å²) in [5.74, 6) is 2.14. The molecule has 1 heterocycles. The van der Waals surface area contributed by atoms with Crippen molar-refractivity contribution in [2.45, 2.75) is 64.9 Å². The molecule has 0 amide bonds. The molecule has 20 heavy (non-hydrogen) atoms. The monoisotopic (exact) mass is 275 g/mol. The van der Waals surface area contributed by atoms with Crippen molar-refractivity contribution in [3.8, 4) is 6.07 Å². The van der Waals surface area contributed by atoms with Crippen LogP contribution in [0.2, 0.25) is 0 Å². The molecule has 1 aliphatic carbocycles. The molecule has 1 aromatic rings. The molecule has 0 radical (unpaired) electrons. The van der Waals surface area contributed by atoms with E-state index in [2.05, 4.69) is 13.0 Å². The fourth-order valence-electron chi connectivity index (χ4n) is 3.34. The van der Waals surface area contributed by atoms with E-state index in [9.17, 15) is 10.4 Å². The van der Waals surface area contributed by atoms with E-state index < -0.39 is 11.5 Å². The van der Waals surface area contributed by atoms with Gasteiger partial charge in [-0.2, -0.15) is 5.26 Å². The summed E-state index contributed by atoms with van der Waals surface area (Å²) >= 11 is 0. The lowest BCUT2D eigenvalue weighted by molar-refractivity contribution is 0.00846. The van der Waals surface area contributed by atoms with Crippen LogP contribution in [0.25, 0.3) is 0 Å². The fourth-order valence-corrected chi connectivity index (χ4v) is 3.34. The smallest absolute Gasteiger partial charge is 0.134 e. The molecule has 110 valence electrons. The van der Waals surface area contributed by atoms with Crippen molar-refractivity contribution in [2.24, 2.45) is 11.3 Å². The Bertz CT molecular complexity index is 464. The van der Waals surface area contributed by atoms with Gasteiger partial charge in [0.15, 0.2) is 0 Å². The first kappa shape index (κ1) is 15.1. The highest BCUT2D eigenvalue weighted by Crippen LogP contribution is 2.48. The van der Waals surface area contributed by atoms with Crippen molar-refractivity contribution in [3.63, 3.8) is 0 Å². The minimum Gasteiger partial charge on any atom is -0.463 e. The first-order valence-corrected chi connectivity index (χ1v) is 7.83. The molecule has 0 bridgehead atoms. The number of aliphatic hydroxyl groups is 1. The number of nitriles is 1. The van der Waals surface area contributed by atoms with Crippen LogP contribution in [0.4, 0.5) is 0 Å². The average molecular weight is 275 g/mol. The van der Waals surface area contributed by atoms with Gasteiger partial charge in [-0.05, 0) is 43.7 Å². The normalized spacial score (nSPS) is 28.0. The molecule has 1 aromatic heterocycles. The summed E-state index contributed by atoms with van der Waals surface area (Å²) < 4.78 is 5.65. The highest BCUT2D eigenvalue weighted by Gasteiger charge is 2.43. The van der Waals surface area contributed by atoms with Gasteiger partial charge < -0.3 is 9.52 Å². The molecule has 0 aromatic carbocycles. The van der Waals surface area contributed by atoms with Crippen molar-refractivity contribution < 1.29 is 9.52 Å². The van der Waals surface area contributed by atoms with Crippen molar-refractivity contribution in [1.82, 2.24) is 0 Å². The summed E-state index contributed by atoms with van der Waals surface area (Å²) in [4.78, 5) is 0.